The highest BCUT2D eigenvalue weighted by atomic mass is 35.5. The van der Waals surface area contributed by atoms with Gasteiger partial charge in [-0.3, -0.25) is 0 Å². The van der Waals surface area contributed by atoms with Gasteiger partial charge in [-0.1, -0.05) is 36.7 Å². The van der Waals surface area contributed by atoms with Gasteiger partial charge in [0, 0.05) is 16.7 Å². The van der Waals surface area contributed by atoms with Crippen LogP contribution in [-0.2, 0) is 6.54 Å². The van der Waals surface area contributed by atoms with Crippen molar-refractivity contribution >= 4 is 17.3 Å². The summed E-state index contributed by atoms with van der Waals surface area (Å²) in [6.07, 6.45) is 0.776. The van der Waals surface area contributed by atoms with Crippen molar-refractivity contribution in [1.82, 2.24) is 5.43 Å². The highest BCUT2D eigenvalue weighted by Gasteiger charge is 2.10. The van der Waals surface area contributed by atoms with Crippen LogP contribution in [0.3, 0.4) is 0 Å². The Bertz CT molecular complexity index is 686. The fourth-order valence-corrected chi connectivity index (χ4v) is 2.43. The van der Waals surface area contributed by atoms with Crippen molar-refractivity contribution in [1.29, 1.82) is 0 Å². The molecule has 0 spiro atoms. The number of hydrogen-bond donors (Lipinski definition) is 1. The number of nitrogens with zero attached hydrogens (tertiary/aromatic N) is 1. The molecule has 0 aliphatic heterocycles. The van der Waals surface area contributed by atoms with E-state index in [2.05, 4.69) is 17.5 Å². The zero-order chi connectivity index (χ0) is 16.7. The van der Waals surface area contributed by atoms with Crippen LogP contribution >= 0.6 is 11.6 Å². The van der Waals surface area contributed by atoms with Crippen LogP contribution in [0.1, 0.15) is 24.5 Å². The number of benzene rings is 2. The number of methoxy groups -OCH3 is 2. The topological polar surface area (TPSA) is 42.9 Å². The van der Waals surface area contributed by atoms with Crippen molar-refractivity contribution in [2.24, 2.45) is 5.10 Å². The summed E-state index contributed by atoms with van der Waals surface area (Å²) in [4.78, 5) is 0. The van der Waals surface area contributed by atoms with Crippen molar-refractivity contribution in [3.8, 4) is 11.5 Å². The molecule has 0 aliphatic carbocycles. The third-order valence-electron chi connectivity index (χ3n) is 3.50. The van der Waals surface area contributed by atoms with Crippen molar-refractivity contribution < 1.29 is 9.47 Å². The molecule has 0 heterocycles. The molecule has 1 N–H and O–H groups in total. The quantitative estimate of drug-likeness (QED) is 0.608. The van der Waals surface area contributed by atoms with Gasteiger partial charge in [0.1, 0.15) is 11.5 Å². The SMILES string of the molecule is CC/C(=N/NCc1ccccc1Cl)c1ccc(OC)cc1OC. The molecular weight excluding hydrogens is 312 g/mol. The first-order chi connectivity index (χ1) is 11.2. The number of hydrazone groups is 1. The predicted octanol–water partition coefficient (Wildman–Crippen LogP) is 4.26. The molecule has 5 heteroatoms. The maximum absolute atomic E-state index is 6.15. The maximum atomic E-state index is 6.15. The zero-order valence-electron chi connectivity index (χ0n) is 13.6. The lowest BCUT2D eigenvalue weighted by Gasteiger charge is -2.12. The van der Waals surface area contributed by atoms with Crippen LogP contribution in [0.15, 0.2) is 47.6 Å². The minimum atomic E-state index is 0.571. The molecule has 0 bridgehead atoms. The van der Waals surface area contributed by atoms with Crippen molar-refractivity contribution in [3.63, 3.8) is 0 Å². The second-order valence-corrected chi connectivity index (χ2v) is 5.31. The molecule has 0 unspecified atom stereocenters. The van der Waals surface area contributed by atoms with Gasteiger partial charge in [-0.05, 0) is 30.2 Å². The van der Waals surface area contributed by atoms with Gasteiger partial charge in [0.25, 0.3) is 0 Å². The molecule has 0 radical (unpaired) electrons. The second kappa shape index (κ2) is 8.44. The molecule has 2 aromatic carbocycles. The number of ether oxygens (including phenoxy) is 2. The van der Waals surface area contributed by atoms with Gasteiger partial charge < -0.3 is 14.9 Å². The predicted molar refractivity (Wildman–Crippen MR) is 94.7 cm³/mol. The molecule has 0 atom stereocenters. The van der Waals surface area contributed by atoms with Crippen molar-refractivity contribution in [2.75, 3.05) is 14.2 Å². The summed E-state index contributed by atoms with van der Waals surface area (Å²) in [6.45, 7) is 2.63. The molecule has 2 rings (SSSR count). The Morgan fingerprint density at radius 2 is 1.91 bits per heavy atom. The Kier molecular flexibility index (Phi) is 6.29. The van der Waals surface area contributed by atoms with Crippen LogP contribution in [0, 0.1) is 0 Å². The van der Waals surface area contributed by atoms with Crippen LogP contribution in [0.4, 0.5) is 0 Å². The monoisotopic (exact) mass is 332 g/mol. The average Bonchev–Trinajstić information content (AvgIpc) is 2.60. The van der Waals surface area contributed by atoms with Crippen LogP contribution in [0.5, 0.6) is 11.5 Å². The number of nitrogens with one attached hydrogen (secondary N) is 1. The molecular formula is C18H21ClN2O2. The van der Waals surface area contributed by atoms with E-state index in [0.29, 0.717) is 6.54 Å². The van der Waals surface area contributed by atoms with Gasteiger partial charge in [0.15, 0.2) is 0 Å². The Balaban J connectivity index is 2.17. The van der Waals surface area contributed by atoms with Gasteiger partial charge in [-0.25, -0.2) is 0 Å². The average molecular weight is 333 g/mol. The third kappa shape index (κ3) is 4.39. The third-order valence-corrected chi connectivity index (χ3v) is 3.86. The molecule has 0 aliphatic rings. The largest absolute Gasteiger partial charge is 0.497 e. The van der Waals surface area contributed by atoms with Gasteiger partial charge >= 0.3 is 0 Å². The standard InChI is InChI=1S/C18H21ClN2O2/c1-4-17(15-10-9-14(22-2)11-18(15)23-3)21-20-12-13-7-5-6-8-16(13)19/h5-11,20H,4,12H2,1-3H3/b21-17-. The summed E-state index contributed by atoms with van der Waals surface area (Å²) >= 11 is 6.15. The van der Waals surface area contributed by atoms with Crippen LogP contribution < -0.4 is 14.9 Å². The Hall–Kier alpha value is -2.20. The number of halogens is 1. The maximum Gasteiger partial charge on any atom is 0.131 e. The molecule has 4 nitrogen and oxygen atoms in total. The zero-order valence-corrected chi connectivity index (χ0v) is 14.4. The first-order valence-corrected chi connectivity index (χ1v) is 7.82. The summed E-state index contributed by atoms with van der Waals surface area (Å²) in [6, 6.07) is 13.4. The van der Waals surface area contributed by atoms with E-state index in [1.54, 1.807) is 14.2 Å². The first-order valence-electron chi connectivity index (χ1n) is 7.44. The van der Waals surface area contributed by atoms with Crippen LogP contribution in [0.2, 0.25) is 5.02 Å². The van der Waals surface area contributed by atoms with E-state index in [-0.39, 0.29) is 0 Å². The van der Waals surface area contributed by atoms with E-state index < -0.39 is 0 Å². The minimum Gasteiger partial charge on any atom is -0.497 e. The first kappa shape index (κ1) is 17.2. The molecule has 2 aromatic rings. The van der Waals surface area contributed by atoms with E-state index in [4.69, 9.17) is 21.1 Å². The van der Waals surface area contributed by atoms with Gasteiger partial charge in [0.2, 0.25) is 0 Å². The number of rotatable bonds is 7. The number of hydrogen-bond acceptors (Lipinski definition) is 4. The lowest BCUT2D eigenvalue weighted by atomic mass is 10.1. The van der Waals surface area contributed by atoms with Crippen molar-refractivity contribution in [3.05, 3.63) is 58.6 Å². The smallest absolute Gasteiger partial charge is 0.131 e. The fourth-order valence-electron chi connectivity index (χ4n) is 2.23. The highest BCUT2D eigenvalue weighted by Crippen LogP contribution is 2.26. The molecule has 0 saturated heterocycles. The van der Waals surface area contributed by atoms with E-state index in [1.807, 2.05) is 42.5 Å². The molecule has 0 fully saturated rings. The summed E-state index contributed by atoms with van der Waals surface area (Å²) in [5.74, 6) is 1.49. The minimum absolute atomic E-state index is 0.571. The molecule has 23 heavy (non-hydrogen) atoms. The van der Waals surface area contributed by atoms with E-state index in [1.165, 1.54) is 0 Å². The lowest BCUT2D eigenvalue weighted by Crippen LogP contribution is -2.12. The molecule has 122 valence electrons. The summed E-state index contributed by atoms with van der Waals surface area (Å²) < 4.78 is 10.7. The Morgan fingerprint density at radius 3 is 2.57 bits per heavy atom. The van der Waals surface area contributed by atoms with Crippen LogP contribution in [0.25, 0.3) is 0 Å². The summed E-state index contributed by atoms with van der Waals surface area (Å²) in [5, 5.41) is 5.23. The molecule has 0 saturated carbocycles. The van der Waals surface area contributed by atoms with Gasteiger partial charge in [-0.15, -0.1) is 0 Å². The van der Waals surface area contributed by atoms with E-state index in [9.17, 15) is 0 Å². The normalized spacial score (nSPS) is 11.2. The second-order valence-electron chi connectivity index (χ2n) is 4.90. The molecule has 0 amide bonds. The van der Waals surface area contributed by atoms with Gasteiger partial charge in [0.05, 0.1) is 26.5 Å². The Labute approximate surface area is 142 Å². The van der Waals surface area contributed by atoms with Gasteiger partial charge in [-0.2, -0.15) is 5.10 Å². The fraction of sp³-hybridized carbons (Fsp3) is 0.278. The lowest BCUT2D eigenvalue weighted by molar-refractivity contribution is 0.393. The summed E-state index contributed by atoms with van der Waals surface area (Å²) in [7, 11) is 3.27. The Morgan fingerprint density at radius 1 is 1.13 bits per heavy atom. The van der Waals surface area contributed by atoms with E-state index >= 15 is 0 Å². The van der Waals surface area contributed by atoms with Crippen molar-refractivity contribution in [2.45, 2.75) is 19.9 Å². The molecule has 0 aromatic heterocycles. The van der Waals surface area contributed by atoms with Crippen LogP contribution in [-0.4, -0.2) is 19.9 Å². The summed E-state index contributed by atoms with van der Waals surface area (Å²) in [5.41, 5.74) is 5.96. The highest BCUT2D eigenvalue weighted by molar-refractivity contribution is 6.31. The van der Waals surface area contributed by atoms with E-state index in [0.717, 1.165) is 39.8 Å².